The molecule has 2 rings (SSSR count). The van der Waals surface area contributed by atoms with Gasteiger partial charge in [0, 0.05) is 23.5 Å². The number of hydrogen-bond acceptors (Lipinski definition) is 2. The summed E-state index contributed by atoms with van der Waals surface area (Å²) >= 11 is 3.42. The van der Waals surface area contributed by atoms with E-state index in [1.54, 1.807) is 0 Å². The smallest absolute Gasteiger partial charge is 0.120 e. The molecule has 0 amide bonds. The number of nitrogens with zero attached hydrogens (tertiary/aromatic N) is 1. The molecule has 1 fully saturated rings. The van der Waals surface area contributed by atoms with E-state index in [0.717, 1.165) is 29.9 Å². The van der Waals surface area contributed by atoms with Gasteiger partial charge >= 0.3 is 0 Å². The molecule has 1 heterocycles. The molecule has 1 saturated heterocycles. The number of hydrogen-bond donors (Lipinski definition) is 0. The van der Waals surface area contributed by atoms with Crippen molar-refractivity contribution in [1.29, 1.82) is 0 Å². The lowest BCUT2D eigenvalue weighted by molar-refractivity contribution is 0.0857. The first-order valence-electron chi connectivity index (χ1n) is 4.81. The Morgan fingerprint density at radius 3 is 2.93 bits per heavy atom. The third kappa shape index (κ3) is 2.49. The van der Waals surface area contributed by atoms with E-state index in [2.05, 4.69) is 27.9 Å². The molecule has 0 saturated carbocycles. The number of halogens is 1. The summed E-state index contributed by atoms with van der Waals surface area (Å²) in [7, 11) is 2.13. The molecule has 0 bridgehead atoms. The van der Waals surface area contributed by atoms with Crippen LogP contribution in [0.5, 0.6) is 5.75 Å². The Labute approximate surface area is 93.0 Å². The topological polar surface area (TPSA) is 12.5 Å². The van der Waals surface area contributed by atoms with Crippen molar-refractivity contribution in [3.63, 3.8) is 0 Å². The minimum atomic E-state index is 0.707. The van der Waals surface area contributed by atoms with Crippen LogP contribution < -0.4 is 4.74 Å². The van der Waals surface area contributed by atoms with Gasteiger partial charge < -0.3 is 9.64 Å². The van der Waals surface area contributed by atoms with Gasteiger partial charge in [0.1, 0.15) is 5.75 Å². The van der Waals surface area contributed by atoms with Crippen LogP contribution in [0.4, 0.5) is 0 Å². The molecule has 0 radical (unpaired) electrons. The second kappa shape index (κ2) is 4.32. The minimum absolute atomic E-state index is 0.707. The van der Waals surface area contributed by atoms with Gasteiger partial charge in [0.2, 0.25) is 0 Å². The Morgan fingerprint density at radius 1 is 1.50 bits per heavy atom. The maximum atomic E-state index is 5.68. The van der Waals surface area contributed by atoms with E-state index in [1.807, 2.05) is 24.3 Å². The van der Waals surface area contributed by atoms with Gasteiger partial charge in [0.15, 0.2) is 0 Å². The number of likely N-dealkylation sites (tertiary alicyclic amines) is 1. The fourth-order valence-electron chi connectivity index (χ4n) is 1.70. The largest absolute Gasteiger partial charge is 0.493 e. The zero-order valence-electron chi connectivity index (χ0n) is 8.24. The van der Waals surface area contributed by atoms with E-state index in [-0.39, 0.29) is 0 Å². The van der Waals surface area contributed by atoms with E-state index in [9.17, 15) is 0 Å². The summed E-state index contributed by atoms with van der Waals surface area (Å²) in [4.78, 5) is 2.30. The number of rotatable bonds is 3. The molecule has 14 heavy (non-hydrogen) atoms. The maximum Gasteiger partial charge on any atom is 0.120 e. The molecule has 1 aromatic carbocycles. The second-order valence-electron chi connectivity index (χ2n) is 3.86. The Hall–Kier alpha value is -0.540. The van der Waals surface area contributed by atoms with Crippen LogP contribution in [-0.2, 0) is 0 Å². The van der Waals surface area contributed by atoms with Gasteiger partial charge in [-0.2, -0.15) is 0 Å². The highest BCUT2D eigenvalue weighted by Gasteiger charge is 2.23. The lowest BCUT2D eigenvalue weighted by atomic mass is 10.0. The Balaban J connectivity index is 1.80. The third-order valence-electron chi connectivity index (χ3n) is 2.42. The Kier molecular flexibility index (Phi) is 3.08. The van der Waals surface area contributed by atoms with E-state index >= 15 is 0 Å². The molecule has 0 N–H and O–H groups in total. The summed E-state index contributed by atoms with van der Waals surface area (Å²) in [5, 5.41) is 0. The highest BCUT2D eigenvalue weighted by atomic mass is 79.9. The van der Waals surface area contributed by atoms with E-state index in [4.69, 9.17) is 4.74 Å². The highest BCUT2D eigenvalue weighted by Crippen LogP contribution is 2.20. The van der Waals surface area contributed by atoms with Crippen LogP contribution in [0, 0.1) is 5.92 Å². The van der Waals surface area contributed by atoms with Gasteiger partial charge in [-0.1, -0.05) is 22.0 Å². The first-order valence-corrected chi connectivity index (χ1v) is 5.60. The summed E-state index contributed by atoms with van der Waals surface area (Å²) < 4.78 is 6.75. The maximum absolute atomic E-state index is 5.68. The van der Waals surface area contributed by atoms with Crippen molar-refractivity contribution in [3.8, 4) is 5.75 Å². The second-order valence-corrected chi connectivity index (χ2v) is 4.77. The Morgan fingerprint density at radius 2 is 2.29 bits per heavy atom. The lowest BCUT2D eigenvalue weighted by Crippen LogP contribution is -2.46. The summed E-state index contributed by atoms with van der Waals surface area (Å²) in [5.74, 6) is 1.66. The van der Waals surface area contributed by atoms with Gasteiger partial charge in [0.05, 0.1) is 6.61 Å². The van der Waals surface area contributed by atoms with Gasteiger partial charge in [-0.25, -0.2) is 0 Å². The van der Waals surface area contributed by atoms with Crippen LogP contribution >= 0.6 is 15.9 Å². The molecule has 0 atom stereocenters. The van der Waals surface area contributed by atoms with Gasteiger partial charge in [-0.15, -0.1) is 0 Å². The molecule has 1 aliphatic rings. The summed E-state index contributed by atoms with van der Waals surface area (Å²) in [6.07, 6.45) is 0. The third-order valence-corrected chi connectivity index (χ3v) is 2.91. The van der Waals surface area contributed by atoms with Crippen molar-refractivity contribution < 1.29 is 4.74 Å². The SMILES string of the molecule is CN1CC(COc2cccc(Br)c2)C1. The van der Waals surface area contributed by atoms with Crippen molar-refractivity contribution in [2.24, 2.45) is 5.92 Å². The molecular formula is C11H14BrNO. The standard InChI is InChI=1S/C11H14BrNO/c1-13-6-9(7-13)8-14-11-4-2-3-10(12)5-11/h2-5,9H,6-8H2,1H3. The van der Waals surface area contributed by atoms with Crippen molar-refractivity contribution in [3.05, 3.63) is 28.7 Å². The van der Waals surface area contributed by atoms with Gasteiger partial charge in [0.25, 0.3) is 0 Å². The molecule has 1 aromatic rings. The molecule has 0 aromatic heterocycles. The van der Waals surface area contributed by atoms with Crippen molar-refractivity contribution in [2.45, 2.75) is 0 Å². The average molecular weight is 256 g/mol. The van der Waals surface area contributed by atoms with Gasteiger partial charge in [-0.05, 0) is 25.2 Å². The zero-order valence-corrected chi connectivity index (χ0v) is 9.83. The monoisotopic (exact) mass is 255 g/mol. The fourth-order valence-corrected chi connectivity index (χ4v) is 2.08. The number of ether oxygens (including phenoxy) is 1. The van der Waals surface area contributed by atoms with E-state index in [1.165, 1.54) is 0 Å². The van der Waals surface area contributed by atoms with Crippen LogP contribution in [0.3, 0.4) is 0 Å². The number of benzene rings is 1. The molecule has 2 nitrogen and oxygen atoms in total. The molecule has 3 heteroatoms. The van der Waals surface area contributed by atoms with Crippen molar-refractivity contribution in [2.75, 3.05) is 26.7 Å². The zero-order chi connectivity index (χ0) is 9.97. The molecular weight excluding hydrogens is 242 g/mol. The molecule has 0 unspecified atom stereocenters. The van der Waals surface area contributed by atoms with Crippen LogP contribution in [0.25, 0.3) is 0 Å². The lowest BCUT2D eigenvalue weighted by Gasteiger charge is -2.35. The van der Waals surface area contributed by atoms with Gasteiger partial charge in [-0.3, -0.25) is 0 Å². The normalized spacial score (nSPS) is 17.9. The van der Waals surface area contributed by atoms with Crippen molar-refractivity contribution >= 4 is 15.9 Å². The predicted octanol–water partition coefficient (Wildman–Crippen LogP) is 2.39. The fraction of sp³-hybridized carbons (Fsp3) is 0.455. The van der Waals surface area contributed by atoms with Crippen molar-refractivity contribution in [1.82, 2.24) is 4.90 Å². The first-order chi connectivity index (χ1) is 6.74. The Bertz CT molecular complexity index is 310. The summed E-state index contributed by atoms with van der Waals surface area (Å²) in [6.45, 7) is 3.16. The van der Waals surface area contributed by atoms with Crippen LogP contribution in [0.15, 0.2) is 28.7 Å². The van der Waals surface area contributed by atoms with E-state index in [0.29, 0.717) is 5.92 Å². The molecule has 1 aliphatic heterocycles. The summed E-state index contributed by atoms with van der Waals surface area (Å²) in [6, 6.07) is 7.99. The van der Waals surface area contributed by atoms with E-state index < -0.39 is 0 Å². The van der Waals surface area contributed by atoms with Crippen LogP contribution in [0.2, 0.25) is 0 Å². The molecule has 0 aliphatic carbocycles. The minimum Gasteiger partial charge on any atom is -0.493 e. The highest BCUT2D eigenvalue weighted by molar-refractivity contribution is 9.10. The van der Waals surface area contributed by atoms with Crippen LogP contribution in [0.1, 0.15) is 0 Å². The predicted molar refractivity (Wildman–Crippen MR) is 60.6 cm³/mol. The van der Waals surface area contributed by atoms with Crippen LogP contribution in [-0.4, -0.2) is 31.6 Å². The molecule has 0 spiro atoms. The quantitative estimate of drug-likeness (QED) is 0.823. The molecule has 76 valence electrons. The first kappa shape index (κ1) is 9.99. The average Bonchev–Trinajstić information content (AvgIpc) is 2.11. The summed E-state index contributed by atoms with van der Waals surface area (Å²) in [5.41, 5.74) is 0.